The first-order valence-electron chi connectivity index (χ1n) is 24.2. The summed E-state index contributed by atoms with van der Waals surface area (Å²) in [5, 5.41) is 0. The molecule has 0 rings (SSSR count). The van der Waals surface area contributed by atoms with E-state index < -0.39 is 6.10 Å². The summed E-state index contributed by atoms with van der Waals surface area (Å²) in [5.41, 5.74) is 0. The maximum absolute atomic E-state index is 12.7. The molecular weight excluding hydrogens is 669 g/mol. The van der Waals surface area contributed by atoms with E-state index in [1.165, 1.54) is 193 Å². The van der Waals surface area contributed by atoms with Gasteiger partial charge >= 0.3 is 11.9 Å². The quantitative estimate of drug-likeness (QED) is 0.0351. The number of esters is 2. The van der Waals surface area contributed by atoms with Crippen LogP contribution < -0.4 is 0 Å². The summed E-state index contributed by atoms with van der Waals surface area (Å²) >= 11 is 0. The van der Waals surface area contributed by atoms with Crippen LogP contribution in [0.2, 0.25) is 0 Å². The minimum absolute atomic E-state index is 0.0906. The average molecular weight is 763 g/mol. The maximum atomic E-state index is 12.7. The maximum Gasteiger partial charge on any atom is 0.306 e. The van der Waals surface area contributed by atoms with Crippen molar-refractivity contribution in [1.29, 1.82) is 0 Å². The Balaban J connectivity index is 4.05. The summed E-state index contributed by atoms with van der Waals surface area (Å²) in [6.07, 6.45) is 50.8. The Morgan fingerprint density at radius 1 is 0.389 bits per heavy atom. The molecule has 0 amide bonds. The van der Waals surface area contributed by atoms with Crippen molar-refractivity contribution in [3.8, 4) is 0 Å². The molecule has 5 heteroatoms. The topological polar surface area (TPSA) is 61.8 Å². The van der Waals surface area contributed by atoms with Crippen LogP contribution in [-0.2, 0) is 23.8 Å². The molecule has 0 aromatic rings. The minimum Gasteiger partial charge on any atom is -0.462 e. The molecule has 0 aliphatic carbocycles. The highest BCUT2D eigenvalue weighted by molar-refractivity contribution is 5.70. The van der Waals surface area contributed by atoms with Gasteiger partial charge in [-0.25, -0.2) is 0 Å². The molecule has 0 aliphatic rings. The second kappa shape index (κ2) is 46.0. The molecule has 0 aromatic carbocycles. The van der Waals surface area contributed by atoms with Crippen LogP contribution in [0, 0.1) is 0 Å². The number of hydrogen-bond donors (Lipinski definition) is 0. The first-order chi connectivity index (χ1) is 26.6. The van der Waals surface area contributed by atoms with Crippen LogP contribution in [-0.4, -0.2) is 37.9 Å². The molecule has 0 saturated heterocycles. The van der Waals surface area contributed by atoms with Crippen LogP contribution in [0.3, 0.4) is 0 Å². The zero-order valence-electron chi connectivity index (χ0n) is 36.8. The molecule has 0 N–H and O–H groups in total. The lowest BCUT2D eigenvalue weighted by Gasteiger charge is -2.18. The SMILES string of the molecule is CCCCCCCC/C=C\CCCCCCCCCC(=O)OCC(COCCCCCCCC)OC(=O)CCCCCCCCCCCCCCCCC. The van der Waals surface area contributed by atoms with Gasteiger partial charge in [-0.05, 0) is 44.9 Å². The van der Waals surface area contributed by atoms with Crippen molar-refractivity contribution < 1.29 is 23.8 Å². The molecule has 0 radical (unpaired) electrons. The van der Waals surface area contributed by atoms with E-state index in [4.69, 9.17) is 14.2 Å². The number of allylic oxidation sites excluding steroid dienone is 2. The van der Waals surface area contributed by atoms with Crippen molar-refractivity contribution in [3.63, 3.8) is 0 Å². The van der Waals surface area contributed by atoms with E-state index in [0.29, 0.717) is 26.1 Å². The Hall–Kier alpha value is -1.36. The van der Waals surface area contributed by atoms with Gasteiger partial charge in [0.2, 0.25) is 0 Å². The Morgan fingerprint density at radius 2 is 0.722 bits per heavy atom. The first kappa shape index (κ1) is 52.6. The molecule has 0 aromatic heterocycles. The monoisotopic (exact) mass is 763 g/mol. The Morgan fingerprint density at radius 3 is 1.13 bits per heavy atom. The third-order valence-electron chi connectivity index (χ3n) is 10.8. The van der Waals surface area contributed by atoms with Crippen LogP contribution in [0.15, 0.2) is 12.2 Å². The summed E-state index contributed by atoms with van der Waals surface area (Å²) in [6.45, 7) is 7.83. The summed E-state index contributed by atoms with van der Waals surface area (Å²) < 4.78 is 17.2. The number of ether oxygens (including phenoxy) is 3. The van der Waals surface area contributed by atoms with Gasteiger partial charge in [-0.1, -0.05) is 219 Å². The summed E-state index contributed by atoms with van der Waals surface area (Å²) in [6, 6.07) is 0. The zero-order chi connectivity index (χ0) is 39.3. The number of carbonyl (C=O) groups is 2. The zero-order valence-corrected chi connectivity index (χ0v) is 36.8. The summed E-state index contributed by atoms with van der Waals surface area (Å²) in [4.78, 5) is 25.2. The highest BCUT2D eigenvalue weighted by atomic mass is 16.6. The number of rotatable bonds is 45. The Kier molecular flexibility index (Phi) is 44.9. The van der Waals surface area contributed by atoms with E-state index in [9.17, 15) is 9.59 Å². The molecule has 54 heavy (non-hydrogen) atoms. The normalized spacial score (nSPS) is 12.1. The fourth-order valence-electron chi connectivity index (χ4n) is 7.15. The molecule has 0 bridgehead atoms. The average Bonchev–Trinajstić information content (AvgIpc) is 3.17. The summed E-state index contributed by atoms with van der Waals surface area (Å²) in [7, 11) is 0. The lowest BCUT2D eigenvalue weighted by atomic mass is 10.0. The van der Waals surface area contributed by atoms with E-state index in [1.54, 1.807) is 0 Å². The molecule has 1 atom stereocenters. The number of carbonyl (C=O) groups excluding carboxylic acids is 2. The van der Waals surface area contributed by atoms with Crippen molar-refractivity contribution in [1.82, 2.24) is 0 Å². The Labute approximate surface area is 337 Å². The Bertz CT molecular complexity index is 780. The first-order valence-corrected chi connectivity index (χ1v) is 24.2. The van der Waals surface area contributed by atoms with Gasteiger partial charge in [-0.2, -0.15) is 0 Å². The molecule has 0 fully saturated rings. The van der Waals surface area contributed by atoms with Gasteiger partial charge in [0.1, 0.15) is 6.61 Å². The van der Waals surface area contributed by atoms with E-state index in [0.717, 1.165) is 38.5 Å². The number of unbranched alkanes of at least 4 members (excludes halogenated alkanes) is 32. The highest BCUT2D eigenvalue weighted by Gasteiger charge is 2.17. The van der Waals surface area contributed by atoms with E-state index >= 15 is 0 Å². The van der Waals surface area contributed by atoms with Gasteiger partial charge in [-0.15, -0.1) is 0 Å². The second-order valence-corrected chi connectivity index (χ2v) is 16.4. The molecular formula is C49H94O5. The van der Waals surface area contributed by atoms with Gasteiger partial charge in [0.15, 0.2) is 6.10 Å². The van der Waals surface area contributed by atoms with Crippen molar-refractivity contribution >= 4 is 11.9 Å². The van der Waals surface area contributed by atoms with E-state index in [2.05, 4.69) is 32.9 Å². The fraction of sp³-hybridized carbons (Fsp3) is 0.918. The van der Waals surface area contributed by atoms with Gasteiger partial charge in [0.25, 0.3) is 0 Å². The predicted molar refractivity (Wildman–Crippen MR) is 233 cm³/mol. The molecule has 320 valence electrons. The third kappa shape index (κ3) is 43.4. The molecule has 0 aliphatic heterocycles. The fourth-order valence-corrected chi connectivity index (χ4v) is 7.15. The van der Waals surface area contributed by atoms with Crippen molar-refractivity contribution in [3.05, 3.63) is 12.2 Å². The second-order valence-electron chi connectivity index (χ2n) is 16.4. The smallest absolute Gasteiger partial charge is 0.306 e. The predicted octanol–water partition coefficient (Wildman–Crippen LogP) is 15.9. The molecule has 0 spiro atoms. The lowest BCUT2D eigenvalue weighted by Crippen LogP contribution is -2.30. The third-order valence-corrected chi connectivity index (χ3v) is 10.8. The van der Waals surface area contributed by atoms with Crippen LogP contribution in [0.4, 0.5) is 0 Å². The van der Waals surface area contributed by atoms with Crippen LogP contribution in [0.5, 0.6) is 0 Å². The molecule has 0 saturated carbocycles. The molecule has 0 heterocycles. The molecule has 5 nitrogen and oxygen atoms in total. The lowest BCUT2D eigenvalue weighted by molar-refractivity contribution is -0.163. The van der Waals surface area contributed by atoms with E-state index in [-0.39, 0.29) is 18.5 Å². The standard InChI is InChI=1S/C49H94O5/c1-4-7-10-13-16-18-20-22-24-25-27-28-30-32-34-36-39-42-48(50)53-46-47(45-52-44-41-38-15-12-9-6-3)54-49(51)43-40-37-35-33-31-29-26-23-21-19-17-14-11-8-5-2/h22,24,47H,4-21,23,25-46H2,1-3H3/b24-22-. The minimum atomic E-state index is -0.525. The van der Waals surface area contributed by atoms with Gasteiger partial charge < -0.3 is 14.2 Å². The summed E-state index contributed by atoms with van der Waals surface area (Å²) in [5.74, 6) is -0.389. The van der Waals surface area contributed by atoms with E-state index in [1.807, 2.05) is 0 Å². The largest absolute Gasteiger partial charge is 0.462 e. The van der Waals surface area contributed by atoms with Crippen LogP contribution >= 0.6 is 0 Å². The number of hydrogen-bond acceptors (Lipinski definition) is 5. The van der Waals surface area contributed by atoms with Crippen LogP contribution in [0.25, 0.3) is 0 Å². The van der Waals surface area contributed by atoms with Gasteiger partial charge in [-0.3, -0.25) is 9.59 Å². The van der Waals surface area contributed by atoms with Crippen molar-refractivity contribution in [2.24, 2.45) is 0 Å². The van der Waals surface area contributed by atoms with Gasteiger partial charge in [0.05, 0.1) is 6.61 Å². The highest BCUT2D eigenvalue weighted by Crippen LogP contribution is 2.15. The van der Waals surface area contributed by atoms with Crippen LogP contribution in [0.1, 0.15) is 265 Å². The van der Waals surface area contributed by atoms with Crippen molar-refractivity contribution in [2.45, 2.75) is 271 Å². The van der Waals surface area contributed by atoms with Crippen molar-refractivity contribution in [2.75, 3.05) is 19.8 Å². The molecule has 1 unspecified atom stereocenters. The van der Waals surface area contributed by atoms with Gasteiger partial charge in [0, 0.05) is 19.4 Å².